The first-order valence-electron chi connectivity index (χ1n) is 10.1. The number of carboxylic acids is 1. The van der Waals surface area contributed by atoms with Crippen molar-refractivity contribution in [3.63, 3.8) is 0 Å². The summed E-state index contributed by atoms with van der Waals surface area (Å²) in [6.45, 7) is 0. The summed E-state index contributed by atoms with van der Waals surface area (Å²) in [4.78, 5) is 43.7. The highest BCUT2D eigenvalue weighted by Gasteiger charge is 2.54. The van der Waals surface area contributed by atoms with Gasteiger partial charge in [-0.25, -0.2) is 14.3 Å². The molecule has 180 valence electrons. The molecular weight excluding hydrogens is 514 g/mol. The minimum atomic E-state index is -1.23. The molecule has 0 aliphatic carbocycles. The Labute approximate surface area is 209 Å². The molecule has 35 heavy (non-hydrogen) atoms. The number of aliphatic carboxylic acids is 1. The fourth-order valence-electron chi connectivity index (χ4n) is 3.86. The van der Waals surface area contributed by atoms with E-state index in [1.165, 1.54) is 22.0 Å². The molecule has 5 N–H and O–H groups in total. The topological polar surface area (TPSA) is 167 Å². The Bertz CT molecular complexity index is 1470. The van der Waals surface area contributed by atoms with E-state index in [9.17, 15) is 24.7 Å². The van der Waals surface area contributed by atoms with Gasteiger partial charge in [0.05, 0.1) is 7.05 Å². The molecule has 1 saturated heterocycles. The van der Waals surface area contributed by atoms with Gasteiger partial charge in [0.25, 0.3) is 11.8 Å². The number of allylic oxidation sites excluding steroid dienone is 1. The maximum atomic E-state index is 12.9. The fraction of sp³-hybridized carbons (Fsp3) is 0.200. The summed E-state index contributed by atoms with van der Waals surface area (Å²) >= 11 is 3.96. The van der Waals surface area contributed by atoms with Gasteiger partial charge in [0.2, 0.25) is 11.2 Å². The number of β-lactam (4-membered cyclic amide) rings is 1. The van der Waals surface area contributed by atoms with E-state index in [1.807, 2.05) is 40.0 Å². The van der Waals surface area contributed by atoms with Crippen LogP contribution in [0.3, 0.4) is 0 Å². The molecule has 0 aromatic carbocycles. The second-order valence-corrected chi connectivity index (χ2v) is 10.6. The second kappa shape index (κ2) is 8.83. The van der Waals surface area contributed by atoms with Crippen LogP contribution >= 0.6 is 34.4 Å². The maximum absolute atomic E-state index is 12.9. The van der Waals surface area contributed by atoms with E-state index in [1.54, 1.807) is 17.4 Å². The SMILES string of the molecule is C[n+]1cc2scc(C=CC3=C(C(=O)O)N4C(=O)[C@@H](NC(=O)/C(=N\O)c5csc(N)n5)[C@H]4SC3)n2c1. The number of aromatic nitrogens is 3. The lowest BCUT2D eigenvalue weighted by Gasteiger charge is -2.49. The zero-order chi connectivity index (χ0) is 24.9. The molecule has 5 heterocycles. The normalized spacial score (nSPS) is 20.4. The summed E-state index contributed by atoms with van der Waals surface area (Å²) in [5.74, 6) is -2.28. The second-order valence-electron chi connectivity index (χ2n) is 7.67. The van der Waals surface area contributed by atoms with Crippen molar-refractivity contribution < 1.29 is 29.3 Å². The van der Waals surface area contributed by atoms with Crippen LogP contribution in [0.2, 0.25) is 0 Å². The Kier molecular flexibility index (Phi) is 5.82. The molecule has 2 amide bonds. The highest BCUT2D eigenvalue weighted by molar-refractivity contribution is 8.00. The predicted octanol–water partition coefficient (Wildman–Crippen LogP) is 0.494. The van der Waals surface area contributed by atoms with E-state index < -0.39 is 29.2 Å². The third-order valence-corrected chi connectivity index (χ3v) is 8.33. The number of nitrogen functional groups attached to an aromatic ring is 1. The Morgan fingerprint density at radius 2 is 2.14 bits per heavy atom. The van der Waals surface area contributed by atoms with Crippen molar-refractivity contribution >= 4 is 74.0 Å². The number of nitrogens with two attached hydrogens (primary N) is 1. The van der Waals surface area contributed by atoms with Crippen LogP contribution in [0.1, 0.15) is 11.4 Å². The molecular formula is C20H18N7O5S3+. The van der Waals surface area contributed by atoms with Crippen molar-refractivity contribution in [2.24, 2.45) is 12.2 Å². The number of carboxylic acid groups (broad SMARTS) is 1. The number of oxime groups is 1. The number of aryl methyl sites for hydroxylation is 1. The largest absolute Gasteiger partial charge is 0.477 e. The average Bonchev–Trinajstić information content (AvgIpc) is 3.51. The fourth-order valence-corrected chi connectivity index (χ4v) is 6.66. The lowest BCUT2D eigenvalue weighted by molar-refractivity contribution is -0.669. The number of nitrogens with one attached hydrogen (secondary N) is 1. The van der Waals surface area contributed by atoms with Crippen LogP contribution in [-0.2, 0) is 21.4 Å². The number of fused-ring (bicyclic) bond motifs is 2. The van der Waals surface area contributed by atoms with Crippen molar-refractivity contribution in [3.8, 4) is 0 Å². The summed E-state index contributed by atoms with van der Waals surface area (Å²) in [5, 5.41) is 27.6. The zero-order valence-electron chi connectivity index (χ0n) is 18.0. The van der Waals surface area contributed by atoms with Gasteiger partial charge >= 0.3 is 5.97 Å². The number of nitrogens with zero attached hydrogens (tertiary/aromatic N) is 5. The summed E-state index contributed by atoms with van der Waals surface area (Å²) in [6.07, 6.45) is 7.42. The van der Waals surface area contributed by atoms with Crippen LogP contribution in [0.4, 0.5) is 5.13 Å². The molecule has 15 heteroatoms. The Morgan fingerprint density at radius 1 is 1.34 bits per heavy atom. The number of amides is 2. The number of imidazole rings is 1. The highest BCUT2D eigenvalue weighted by Crippen LogP contribution is 2.41. The molecule has 0 saturated carbocycles. The lowest BCUT2D eigenvalue weighted by atomic mass is 10.0. The van der Waals surface area contributed by atoms with Gasteiger partial charge in [-0.2, -0.15) is 4.40 Å². The minimum Gasteiger partial charge on any atom is -0.477 e. The van der Waals surface area contributed by atoms with E-state index in [0.717, 1.165) is 21.9 Å². The van der Waals surface area contributed by atoms with Gasteiger partial charge in [0, 0.05) is 16.5 Å². The van der Waals surface area contributed by atoms with Crippen molar-refractivity contribution in [2.75, 3.05) is 11.5 Å². The third kappa shape index (κ3) is 3.96. The molecule has 0 radical (unpaired) electrons. The van der Waals surface area contributed by atoms with Crippen molar-refractivity contribution in [3.05, 3.63) is 52.0 Å². The van der Waals surface area contributed by atoms with Crippen LogP contribution in [0.25, 0.3) is 10.9 Å². The zero-order valence-corrected chi connectivity index (χ0v) is 20.4. The minimum absolute atomic E-state index is 0.0739. The van der Waals surface area contributed by atoms with Gasteiger partial charge in [-0.05, 0) is 11.6 Å². The number of carbonyl (C=O) groups is 3. The Morgan fingerprint density at radius 3 is 2.83 bits per heavy atom. The van der Waals surface area contributed by atoms with Gasteiger partial charge in [-0.3, -0.25) is 14.5 Å². The van der Waals surface area contributed by atoms with E-state index in [2.05, 4.69) is 15.5 Å². The summed E-state index contributed by atoms with van der Waals surface area (Å²) in [7, 11) is 1.92. The van der Waals surface area contributed by atoms with Crippen LogP contribution < -0.4 is 15.6 Å². The monoisotopic (exact) mass is 532 g/mol. The molecule has 0 bridgehead atoms. The molecule has 3 aromatic rings. The third-order valence-electron chi connectivity index (χ3n) is 5.45. The Balaban J connectivity index is 1.36. The number of carbonyl (C=O) groups excluding carboxylic acids is 2. The standard InChI is InChI=1S/C20H17N7O5S3/c1-25-4-12-26(8-25)10(6-33-12)3-2-9-5-34-18-14(17(29)27(18)15(9)19(30)31)23-16(28)13(24-32)11-7-35-20(21)22-11/h2-4,6-8,14,18H,5H2,1H3,(H4-,21,22,23,28,30,31,32)/p+1/t14-,18-/m1/s1. The van der Waals surface area contributed by atoms with Crippen molar-refractivity contribution in [1.82, 2.24) is 19.6 Å². The van der Waals surface area contributed by atoms with E-state index in [4.69, 9.17) is 5.73 Å². The van der Waals surface area contributed by atoms with E-state index >= 15 is 0 Å². The van der Waals surface area contributed by atoms with Crippen LogP contribution in [0, 0.1) is 0 Å². The van der Waals surface area contributed by atoms with Crippen LogP contribution in [-0.4, -0.2) is 65.3 Å². The molecule has 1 fully saturated rings. The molecule has 3 aromatic heterocycles. The number of hydrogen-bond donors (Lipinski definition) is 4. The summed E-state index contributed by atoms with van der Waals surface area (Å²) < 4.78 is 3.91. The molecule has 0 spiro atoms. The number of hydrogen-bond acceptors (Lipinski definition) is 10. The smallest absolute Gasteiger partial charge is 0.352 e. The van der Waals surface area contributed by atoms with Crippen LogP contribution in [0.5, 0.6) is 0 Å². The Hall–Kier alpha value is -3.69. The van der Waals surface area contributed by atoms with Gasteiger partial charge in [-0.15, -0.1) is 23.1 Å². The van der Waals surface area contributed by atoms with Gasteiger partial charge in [0.15, 0.2) is 10.8 Å². The van der Waals surface area contributed by atoms with Crippen molar-refractivity contribution in [2.45, 2.75) is 11.4 Å². The molecule has 2 aliphatic rings. The quantitative estimate of drug-likeness (QED) is 0.117. The summed E-state index contributed by atoms with van der Waals surface area (Å²) in [5.41, 5.74) is 6.51. The van der Waals surface area contributed by atoms with E-state index in [0.29, 0.717) is 11.3 Å². The molecule has 5 rings (SSSR count). The van der Waals surface area contributed by atoms with Gasteiger partial charge in [-0.1, -0.05) is 22.6 Å². The predicted molar refractivity (Wildman–Crippen MR) is 130 cm³/mol. The summed E-state index contributed by atoms with van der Waals surface area (Å²) in [6, 6.07) is -0.975. The molecule has 12 nitrogen and oxygen atoms in total. The number of thiazole rings is 2. The molecule has 2 atom stereocenters. The van der Waals surface area contributed by atoms with Gasteiger partial charge in [0.1, 0.15) is 34.7 Å². The average molecular weight is 533 g/mol. The molecule has 0 unspecified atom stereocenters. The first kappa shape index (κ1) is 23.1. The van der Waals surface area contributed by atoms with Crippen LogP contribution in [0.15, 0.2) is 45.8 Å². The number of anilines is 1. The van der Waals surface area contributed by atoms with Crippen molar-refractivity contribution in [1.29, 1.82) is 0 Å². The number of rotatable bonds is 6. The number of thioether (sulfide) groups is 1. The first-order valence-corrected chi connectivity index (χ1v) is 12.9. The first-order chi connectivity index (χ1) is 16.8. The molecule has 2 aliphatic heterocycles. The van der Waals surface area contributed by atoms with Gasteiger partial charge < -0.3 is 21.4 Å². The highest BCUT2D eigenvalue weighted by atomic mass is 32.2. The van der Waals surface area contributed by atoms with E-state index in [-0.39, 0.29) is 22.2 Å². The maximum Gasteiger partial charge on any atom is 0.352 e. The lowest BCUT2D eigenvalue weighted by Crippen LogP contribution is -2.71.